The van der Waals surface area contributed by atoms with Crippen LogP contribution in [0, 0.1) is 12.8 Å². The predicted octanol–water partition coefficient (Wildman–Crippen LogP) is 4.30. The van der Waals surface area contributed by atoms with Gasteiger partial charge in [0.1, 0.15) is 5.15 Å². The van der Waals surface area contributed by atoms with Crippen LogP contribution in [0.3, 0.4) is 0 Å². The summed E-state index contributed by atoms with van der Waals surface area (Å²) in [5, 5.41) is 4.34. The number of halogens is 2. The van der Waals surface area contributed by atoms with E-state index in [4.69, 9.17) is 23.2 Å². The Kier molecular flexibility index (Phi) is 3.60. The van der Waals surface area contributed by atoms with Gasteiger partial charge >= 0.3 is 0 Å². The van der Waals surface area contributed by atoms with E-state index in [0.29, 0.717) is 16.3 Å². The summed E-state index contributed by atoms with van der Waals surface area (Å²) in [6.07, 6.45) is 3.95. The lowest BCUT2D eigenvalue weighted by molar-refractivity contribution is 0.641. The molecular weight excluding hydrogens is 243 g/mol. The molecule has 0 aliphatic heterocycles. The van der Waals surface area contributed by atoms with Crippen molar-refractivity contribution in [2.75, 3.05) is 5.32 Å². The molecule has 0 amide bonds. The summed E-state index contributed by atoms with van der Waals surface area (Å²) in [5.74, 6) is 0.904. The monoisotopic (exact) mass is 258 g/mol. The van der Waals surface area contributed by atoms with Crippen LogP contribution in [0.15, 0.2) is 6.07 Å². The maximum absolute atomic E-state index is 6.07. The first-order valence-corrected chi connectivity index (χ1v) is 6.41. The summed E-state index contributed by atoms with van der Waals surface area (Å²) >= 11 is 11.9. The van der Waals surface area contributed by atoms with Crippen molar-refractivity contribution in [1.82, 2.24) is 4.98 Å². The molecule has 1 aliphatic carbocycles. The second kappa shape index (κ2) is 4.80. The summed E-state index contributed by atoms with van der Waals surface area (Å²) in [6.45, 7) is 4.17. The fourth-order valence-electron chi connectivity index (χ4n) is 1.93. The number of aryl methyl sites for hydroxylation is 1. The molecule has 16 heavy (non-hydrogen) atoms. The van der Waals surface area contributed by atoms with E-state index < -0.39 is 0 Å². The van der Waals surface area contributed by atoms with Crippen molar-refractivity contribution in [3.8, 4) is 0 Å². The molecule has 0 bridgehead atoms. The highest BCUT2D eigenvalue weighted by molar-refractivity contribution is 6.34. The fraction of sp³-hybridized carbons (Fsp3) is 0.583. The van der Waals surface area contributed by atoms with Crippen molar-refractivity contribution in [1.29, 1.82) is 0 Å². The van der Waals surface area contributed by atoms with E-state index >= 15 is 0 Å². The zero-order valence-corrected chi connectivity index (χ0v) is 11.1. The van der Waals surface area contributed by atoms with Gasteiger partial charge in [-0.05, 0) is 37.8 Å². The molecule has 1 saturated carbocycles. The van der Waals surface area contributed by atoms with E-state index in [2.05, 4.69) is 17.2 Å². The highest BCUT2D eigenvalue weighted by Crippen LogP contribution is 2.35. The molecule has 2 rings (SSSR count). The van der Waals surface area contributed by atoms with Crippen molar-refractivity contribution in [2.45, 2.75) is 39.2 Å². The van der Waals surface area contributed by atoms with Crippen LogP contribution < -0.4 is 5.32 Å². The Morgan fingerprint density at radius 2 is 2.19 bits per heavy atom. The molecule has 0 spiro atoms. The molecule has 1 unspecified atom stereocenters. The fourth-order valence-corrected chi connectivity index (χ4v) is 2.51. The number of nitrogens with one attached hydrogen (secondary N) is 1. The van der Waals surface area contributed by atoms with Gasteiger partial charge in [-0.3, -0.25) is 0 Å². The van der Waals surface area contributed by atoms with Gasteiger partial charge in [-0.2, -0.15) is 0 Å². The van der Waals surface area contributed by atoms with Crippen LogP contribution in [0.1, 0.15) is 31.7 Å². The summed E-state index contributed by atoms with van der Waals surface area (Å²) in [7, 11) is 0. The topological polar surface area (TPSA) is 24.9 Å². The third-order valence-electron chi connectivity index (χ3n) is 2.92. The number of nitrogens with zero attached hydrogens (tertiary/aromatic N) is 1. The average Bonchev–Trinajstić information content (AvgIpc) is 2.95. The molecule has 0 saturated heterocycles. The highest BCUT2D eigenvalue weighted by atomic mass is 35.5. The molecule has 1 aromatic rings. The average molecular weight is 259 g/mol. The number of anilines is 1. The normalized spacial score (nSPS) is 17.2. The summed E-state index contributed by atoms with van der Waals surface area (Å²) in [4.78, 5) is 4.05. The Morgan fingerprint density at radius 3 is 2.75 bits per heavy atom. The lowest BCUT2D eigenvalue weighted by Gasteiger charge is -2.17. The zero-order valence-electron chi connectivity index (χ0n) is 9.56. The van der Waals surface area contributed by atoms with E-state index in [-0.39, 0.29) is 0 Å². The van der Waals surface area contributed by atoms with Crippen molar-refractivity contribution < 1.29 is 0 Å². The first kappa shape index (κ1) is 12.0. The Balaban J connectivity index is 2.07. The molecule has 0 aromatic carbocycles. The SMILES string of the molecule is Cc1cc(Cl)nc(Cl)c1NC(C)CC1CC1. The first-order chi connectivity index (χ1) is 7.56. The minimum Gasteiger partial charge on any atom is -0.380 e. The minimum absolute atomic E-state index is 0.437. The minimum atomic E-state index is 0.437. The van der Waals surface area contributed by atoms with Crippen molar-refractivity contribution in [3.63, 3.8) is 0 Å². The van der Waals surface area contributed by atoms with Gasteiger partial charge in [0.25, 0.3) is 0 Å². The van der Waals surface area contributed by atoms with E-state index in [0.717, 1.165) is 17.2 Å². The molecule has 1 heterocycles. The molecule has 1 aliphatic rings. The van der Waals surface area contributed by atoms with Gasteiger partial charge in [0.15, 0.2) is 5.15 Å². The van der Waals surface area contributed by atoms with Gasteiger partial charge in [0, 0.05) is 6.04 Å². The Labute approximate surface area is 106 Å². The van der Waals surface area contributed by atoms with Crippen LogP contribution >= 0.6 is 23.2 Å². The van der Waals surface area contributed by atoms with Gasteiger partial charge < -0.3 is 5.32 Å². The van der Waals surface area contributed by atoms with Crippen LogP contribution in [0.25, 0.3) is 0 Å². The molecular formula is C12H16Cl2N2. The standard InChI is InChI=1S/C12H16Cl2N2/c1-7-5-10(13)16-12(14)11(7)15-8(2)6-9-3-4-9/h5,8-9,15H,3-4,6H2,1-2H3. The highest BCUT2D eigenvalue weighted by Gasteiger charge is 2.24. The second-order valence-electron chi connectivity index (χ2n) is 4.65. The molecule has 1 atom stereocenters. The van der Waals surface area contributed by atoms with Gasteiger partial charge in [-0.15, -0.1) is 0 Å². The Hall–Kier alpha value is -0.470. The van der Waals surface area contributed by atoms with E-state index in [1.165, 1.54) is 19.3 Å². The van der Waals surface area contributed by atoms with Crippen LogP contribution in [0.2, 0.25) is 10.3 Å². The van der Waals surface area contributed by atoms with E-state index in [1.807, 2.05) is 13.0 Å². The van der Waals surface area contributed by atoms with Crippen LogP contribution in [-0.2, 0) is 0 Å². The lowest BCUT2D eigenvalue weighted by Crippen LogP contribution is -2.17. The number of aromatic nitrogens is 1. The lowest BCUT2D eigenvalue weighted by atomic mass is 10.1. The summed E-state index contributed by atoms with van der Waals surface area (Å²) in [5.41, 5.74) is 1.96. The molecule has 4 heteroatoms. The number of pyridine rings is 1. The van der Waals surface area contributed by atoms with Crippen LogP contribution in [0.4, 0.5) is 5.69 Å². The van der Waals surface area contributed by atoms with Gasteiger partial charge in [0.05, 0.1) is 5.69 Å². The zero-order chi connectivity index (χ0) is 11.7. The molecule has 88 valence electrons. The van der Waals surface area contributed by atoms with Gasteiger partial charge in [-0.1, -0.05) is 36.0 Å². The van der Waals surface area contributed by atoms with Crippen LogP contribution in [0.5, 0.6) is 0 Å². The number of hydrogen-bond donors (Lipinski definition) is 1. The second-order valence-corrected chi connectivity index (χ2v) is 5.40. The molecule has 1 N–H and O–H groups in total. The van der Waals surface area contributed by atoms with Crippen LogP contribution in [-0.4, -0.2) is 11.0 Å². The van der Waals surface area contributed by atoms with Crippen molar-refractivity contribution in [2.24, 2.45) is 5.92 Å². The summed E-state index contributed by atoms with van der Waals surface area (Å²) in [6, 6.07) is 2.27. The molecule has 0 radical (unpaired) electrons. The number of rotatable bonds is 4. The van der Waals surface area contributed by atoms with Gasteiger partial charge in [-0.25, -0.2) is 4.98 Å². The maximum Gasteiger partial charge on any atom is 0.154 e. The maximum atomic E-state index is 6.07. The Bertz CT molecular complexity index is 366. The van der Waals surface area contributed by atoms with E-state index in [1.54, 1.807) is 0 Å². The Morgan fingerprint density at radius 1 is 1.50 bits per heavy atom. The molecule has 1 fully saturated rings. The quantitative estimate of drug-likeness (QED) is 0.815. The number of hydrogen-bond acceptors (Lipinski definition) is 2. The van der Waals surface area contributed by atoms with Crippen molar-refractivity contribution in [3.05, 3.63) is 21.9 Å². The first-order valence-electron chi connectivity index (χ1n) is 5.65. The molecule has 1 aromatic heterocycles. The van der Waals surface area contributed by atoms with E-state index in [9.17, 15) is 0 Å². The largest absolute Gasteiger partial charge is 0.380 e. The third-order valence-corrected chi connectivity index (χ3v) is 3.38. The third kappa shape index (κ3) is 3.02. The van der Waals surface area contributed by atoms with Crippen molar-refractivity contribution >= 4 is 28.9 Å². The molecule has 2 nitrogen and oxygen atoms in total. The van der Waals surface area contributed by atoms with Gasteiger partial charge in [0.2, 0.25) is 0 Å². The predicted molar refractivity (Wildman–Crippen MR) is 69.4 cm³/mol. The smallest absolute Gasteiger partial charge is 0.154 e. The summed E-state index contributed by atoms with van der Waals surface area (Å²) < 4.78 is 0.